The third-order valence-electron chi connectivity index (χ3n) is 8.12. The van der Waals surface area contributed by atoms with E-state index in [0.717, 1.165) is 23.5 Å². The molecule has 0 aliphatic carbocycles. The molecule has 0 bridgehead atoms. The Morgan fingerprint density at radius 2 is 0.689 bits per heavy atom. The Kier molecular flexibility index (Phi) is 7.51. The minimum absolute atomic E-state index is 0.647. The topological polar surface area (TPSA) is 36.9 Å². The van der Waals surface area contributed by atoms with Gasteiger partial charge >= 0.3 is 6.96 Å². The fraction of sp³-hybridized carbons (Fsp3) is 0.0526. The number of hydrogen-bond acceptors (Lipinski definition) is 4. The van der Waals surface area contributed by atoms with E-state index in [2.05, 4.69) is 133 Å². The van der Waals surface area contributed by atoms with Crippen LogP contribution in [0.15, 0.2) is 158 Å². The van der Waals surface area contributed by atoms with Crippen molar-refractivity contribution >= 4 is 44.0 Å². The lowest BCUT2D eigenvalue weighted by atomic mass is 10.1. The fourth-order valence-corrected chi connectivity index (χ4v) is 10.6. The maximum Gasteiger partial charge on any atom is 0.777 e. The number of hydrogen-bond donors (Lipinski definition) is 0. The molecule has 2 aliphatic heterocycles. The summed E-state index contributed by atoms with van der Waals surface area (Å²) < 4.78 is 26.0. The summed E-state index contributed by atoms with van der Waals surface area (Å²) in [5.41, 5.74) is 2.15. The van der Waals surface area contributed by atoms with E-state index in [9.17, 15) is 0 Å². The van der Waals surface area contributed by atoms with Crippen LogP contribution in [0, 0.1) is 0 Å². The van der Waals surface area contributed by atoms with Crippen molar-refractivity contribution in [1.82, 2.24) is 0 Å². The number of rotatable bonds is 8. The van der Waals surface area contributed by atoms with Crippen molar-refractivity contribution in [3.8, 4) is 23.0 Å². The van der Waals surface area contributed by atoms with Crippen LogP contribution in [0.1, 0.15) is 11.1 Å². The molecule has 220 valence electrons. The molecule has 2 aliphatic rings. The van der Waals surface area contributed by atoms with Crippen LogP contribution in [-0.2, 0) is 12.3 Å². The normalized spacial score (nSPS) is 13.9. The van der Waals surface area contributed by atoms with Crippen molar-refractivity contribution < 1.29 is 18.6 Å². The molecule has 4 nitrogen and oxygen atoms in total. The number of para-hydroxylation sites is 2. The third kappa shape index (κ3) is 5.59. The van der Waals surface area contributed by atoms with Crippen LogP contribution in [0.25, 0.3) is 0 Å². The van der Waals surface area contributed by atoms with Crippen molar-refractivity contribution in [2.24, 2.45) is 0 Å². The van der Waals surface area contributed by atoms with E-state index >= 15 is 0 Å². The zero-order chi connectivity index (χ0) is 30.1. The van der Waals surface area contributed by atoms with Crippen molar-refractivity contribution in [2.45, 2.75) is 12.3 Å². The average Bonchev–Trinajstić information content (AvgIpc) is 3.66. The van der Waals surface area contributed by atoms with Gasteiger partial charge in [-0.3, -0.25) is 0 Å². The van der Waals surface area contributed by atoms with Gasteiger partial charge in [0.15, 0.2) is 0 Å². The van der Waals surface area contributed by atoms with Gasteiger partial charge in [0.2, 0.25) is 0 Å². The summed E-state index contributed by atoms with van der Waals surface area (Å²) in [6.07, 6.45) is 1.61. The highest BCUT2D eigenvalue weighted by molar-refractivity contribution is 7.72. The molecule has 6 aromatic carbocycles. The third-order valence-corrected chi connectivity index (χ3v) is 13.1. The lowest BCUT2D eigenvalue weighted by Crippen LogP contribution is -2.54. The molecule has 45 heavy (non-hydrogen) atoms. The molecule has 0 aromatic heterocycles. The van der Waals surface area contributed by atoms with Gasteiger partial charge in [-0.05, 0) is 60.3 Å². The first-order valence-electron chi connectivity index (χ1n) is 15.1. The number of fused-ring (bicyclic) bond motifs is 2. The van der Waals surface area contributed by atoms with Gasteiger partial charge in [0.05, 0.1) is 0 Å². The van der Waals surface area contributed by atoms with Gasteiger partial charge < -0.3 is 18.6 Å². The Morgan fingerprint density at radius 1 is 0.356 bits per heavy atom. The summed E-state index contributed by atoms with van der Waals surface area (Å²) in [6, 6.07) is 55.0. The molecule has 7 heteroatoms. The van der Waals surface area contributed by atoms with E-state index in [-0.39, 0.29) is 0 Å². The molecule has 0 saturated carbocycles. The minimum atomic E-state index is -2.53. The van der Waals surface area contributed by atoms with Gasteiger partial charge in [-0.15, -0.1) is 0 Å². The minimum Gasteiger partial charge on any atom is -0.609 e. The fourth-order valence-electron chi connectivity index (χ4n) is 6.00. The maximum absolute atomic E-state index is 6.58. The summed E-state index contributed by atoms with van der Waals surface area (Å²) >= 11 is 0. The largest absolute Gasteiger partial charge is 0.777 e. The van der Waals surface area contributed by atoms with Gasteiger partial charge in [-0.25, -0.2) is 0 Å². The quantitative estimate of drug-likeness (QED) is 0.129. The average molecular weight is 623 g/mol. The van der Waals surface area contributed by atoms with Crippen molar-refractivity contribution in [1.29, 1.82) is 0 Å². The molecule has 2 heterocycles. The second-order valence-electron chi connectivity index (χ2n) is 11.1. The Balaban J connectivity index is 1.09. The standard InChI is InChI=1S/C38H30BO4P2/c1-5-17-31(18-6-1)44(32-19-7-2-8-20-32)27-29-15-13-25-35-37(29)42-39(40-35)41-36-26-14-16-30(38(36)43-39)28-45(33-21-9-3-10-22-33)34-23-11-4-12-24-34/h1-26H,27-28H2/q-1. The van der Waals surface area contributed by atoms with Crippen molar-refractivity contribution in [3.05, 3.63) is 169 Å². The summed E-state index contributed by atoms with van der Waals surface area (Å²) in [5, 5.41) is 5.26. The second kappa shape index (κ2) is 12.1. The zero-order valence-electron chi connectivity index (χ0n) is 24.5. The first-order chi connectivity index (χ1) is 22.2. The Bertz CT molecular complexity index is 1700. The van der Waals surface area contributed by atoms with Crippen LogP contribution < -0.4 is 39.8 Å². The van der Waals surface area contributed by atoms with E-state index in [1.165, 1.54) is 21.2 Å². The Labute approximate surface area is 266 Å². The molecule has 0 atom stereocenters. The predicted octanol–water partition coefficient (Wildman–Crippen LogP) is 7.63. The van der Waals surface area contributed by atoms with E-state index in [1.54, 1.807) is 0 Å². The van der Waals surface area contributed by atoms with Crippen molar-refractivity contribution in [3.63, 3.8) is 0 Å². The zero-order valence-corrected chi connectivity index (χ0v) is 26.3. The van der Waals surface area contributed by atoms with Crippen LogP contribution in [0.3, 0.4) is 0 Å². The molecular formula is C38H30BO4P2-. The number of benzene rings is 6. The first-order valence-corrected chi connectivity index (χ1v) is 18.2. The monoisotopic (exact) mass is 623 g/mol. The molecular weight excluding hydrogens is 593 g/mol. The van der Waals surface area contributed by atoms with Crippen LogP contribution in [-0.4, -0.2) is 6.96 Å². The molecule has 0 saturated heterocycles. The van der Waals surface area contributed by atoms with E-state index in [4.69, 9.17) is 18.6 Å². The molecule has 0 N–H and O–H groups in total. The van der Waals surface area contributed by atoms with Gasteiger partial charge in [-0.1, -0.05) is 146 Å². The van der Waals surface area contributed by atoms with Crippen LogP contribution >= 0.6 is 15.8 Å². The smallest absolute Gasteiger partial charge is 0.609 e. The van der Waals surface area contributed by atoms with Crippen LogP contribution in [0.5, 0.6) is 23.0 Å². The predicted molar refractivity (Wildman–Crippen MR) is 187 cm³/mol. The highest BCUT2D eigenvalue weighted by Gasteiger charge is 2.53. The summed E-state index contributed by atoms with van der Waals surface area (Å²) in [6.45, 7) is -2.53. The Hall–Kier alpha value is -4.56. The lowest BCUT2D eigenvalue weighted by Gasteiger charge is -2.28. The SMILES string of the molecule is c1ccc(P(Cc2cccc3c2O[B-]2(O3)Oc3cccc(CP(c4ccccc4)c4ccccc4)c3O2)c2ccccc2)cc1. The van der Waals surface area contributed by atoms with Crippen LogP contribution in [0.4, 0.5) is 0 Å². The van der Waals surface area contributed by atoms with E-state index in [0.29, 0.717) is 23.0 Å². The Morgan fingerprint density at radius 3 is 1.02 bits per heavy atom. The summed E-state index contributed by atoms with van der Waals surface area (Å²) in [7, 11) is -1.34. The second-order valence-corrected chi connectivity index (χ2v) is 15.5. The highest BCUT2D eigenvalue weighted by Crippen LogP contribution is 2.52. The maximum atomic E-state index is 6.58. The molecule has 0 amide bonds. The van der Waals surface area contributed by atoms with E-state index < -0.39 is 22.8 Å². The lowest BCUT2D eigenvalue weighted by molar-refractivity contribution is 0.223. The van der Waals surface area contributed by atoms with Crippen LogP contribution in [0.2, 0.25) is 0 Å². The van der Waals surface area contributed by atoms with Gasteiger partial charge in [0.1, 0.15) is 23.0 Å². The summed E-state index contributed by atoms with van der Waals surface area (Å²) in [4.78, 5) is 0. The summed E-state index contributed by atoms with van der Waals surface area (Å²) in [5.74, 6) is 2.69. The van der Waals surface area contributed by atoms with Gasteiger partial charge in [0, 0.05) is 12.3 Å². The molecule has 0 fully saturated rings. The molecule has 6 aromatic rings. The molecule has 1 spiro atoms. The molecule has 8 rings (SSSR count). The first kappa shape index (κ1) is 28.0. The highest BCUT2D eigenvalue weighted by atomic mass is 31.1. The van der Waals surface area contributed by atoms with Gasteiger partial charge in [-0.2, -0.15) is 0 Å². The van der Waals surface area contributed by atoms with E-state index in [1.807, 2.05) is 24.3 Å². The molecule has 0 radical (unpaired) electrons. The van der Waals surface area contributed by atoms with Crippen molar-refractivity contribution in [2.75, 3.05) is 0 Å². The molecule has 0 unspecified atom stereocenters. The van der Waals surface area contributed by atoms with Gasteiger partial charge in [0.25, 0.3) is 0 Å².